The van der Waals surface area contributed by atoms with E-state index >= 15 is 0 Å². The van der Waals surface area contributed by atoms with Gasteiger partial charge in [0.2, 0.25) is 10.0 Å². The molecule has 6 heteroatoms. The van der Waals surface area contributed by atoms with Crippen LogP contribution in [0.5, 0.6) is 0 Å². The monoisotopic (exact) mass is 368 g/mol. The highest BCUT2D eigenvalue weighted by atomic mass is 79.9. The Balaban J connectivity index is 2.05. The third-order valence-corrected chi connectivity index (χ3v) is 5.51. The van der Waals surface area contributed by atoms with Crippen LogP contribution in [-0.4, -0.2) is 15.0 Å². The summed E-state index contributed by atoms with van der Waals surface area (Å²) in [4.78, 5) is 0.229. The maximum absolute atomic E-state index is 12.3. The summed E-state index contributed by atoms with van der Waals surface area (Å²) in [7, 11) is -3.52. The van der Waals surface area contributed by atoms with E-state index in [0.29, 0.717) is 24.0 Å². The van der Waals surface area contributed by atoms with E-state index in [1.165, 1.54) is 0 Å². The smallest absolute Gasteiger partial charge is 0.241 e. The summed E-state index contributed by atoms with van der Waals surface area (Å²) in [6, 6.07) is 14.8. The van der Waals surface area contributed by atoms with Crippen molar-refractivity contribution in [1.29, 1.82) is 0 Å². The second kappa shape index (κ2) is 7.17. The van der Waals surface area contributed by atoms with Crippen LogP contribution in [0.15, 0.2) is 57.9 Å². The number of hydrogen-bond donors (Lipinski definition) is 2. The molecule has 2 aromatic rings. The van der Waals surface area contributed by atoms with E-state index in [4.69, 9.17) is 5.73 Å². The molecule has 0 fully saturated rings. The molecule has 2 aromatic carbocycles. The van der Waals surface area contributed by atoms with E-state index in [0.717, 1.165) is 11.1 Å². The van der Waals surface area contributed by atoms with E-state index in [2.05, 4.69) is 20.7 Å². The second-order valence-corrected chi connectivity index (χ2v) is 7.19. The van der Waals surface area contributed by atoms with Crippen LogP contribution in [-0.2, 0) is 23.0 Å². The van der Waals surface area contributed by atoms with Crippen molar-refractivity contribution in [3.05, 3.63) is 64.1 Å². The Kier molecular flexibility index (Phi) is 5.52. The van der Waals surface area contributed by atoms with Gasteiger partial charge in [0, 0.05) is 17.6 Å². The highest BCUT2D eigenvalue weighted by molar-refractivity contribution is 9.10. The first-order chi connectivity index (χ1) is 10.0. The summed E-state index contributed by atoms with van der Waals surface area (Å²) in [6.07, 6.45) is 0.651. The van der Waals surface area contributed by atoms with E-state index in [1.54, 1.807) is 18.2 Å². The van der Waals surface area contributed by atoms with Crippen molar-refractivity contribution in [2.75, 3.05) is 6.54 Å². The predicted molar refractivity (Wildman–Crippen MR) is 87.4 cm³/mol. The van der Waals surface area contributed by atoms with Crippen molar-refractivity contribution in [2.45, 2.75) is 17.9 Å². The van der Waals surface area contributed by atoms with Gasteiger partial charge in [0.05, 0.1) is 4.90 Å². The molecule has 0 spiro atoms. The molecule has 0 amide bonds. The normalized spacial score (nSPS) is 11.5. The summed E-state index contributed by atoms with van der Waals surface area (Å²) >= 11 is 3.29. The Labute approximate surface area is 133 Å². The zero-order chi connectivity index (χ0) is 15.3. The molecule has 0 saturated heterocycles. The first kappa shape index (κ1) is 16.2. The van der Waals surface area contributed by atoms with Crippen molar-refractivity contribution in [3.8, 4) is 0 Å². The summed E-state index contributed by atoms with van der Waals surface area (Å²) in [5.74, 6) is 0. The molecule has 0 unspecified atom stereocenters. The Morgan fingerprint density at radius 1 is 1.05 bits per heavy atom. The van der Waals surface area contributed by atoms with E-state index in [1.807, 2.05) is 30.3 Å². The first-order valence-electron chi connectivity index (χ1n) is 6.55. The topological polar surface area (TPSA) is 72.2 Å². The van der Waals surface area contributed by atoms with Crippen LogP contribution in [0.25, 0.3) is 0 Å². The van der Waals surface area contributed by atoms with Crippen molar-refractivity contribution in [1.82, 2.24) is 4.72 Å². The first-order valence-corrected chi connectivity index (χ1v) is 8.82. The van der Waals surface area contributed by atoms with Gasteiger partial charge >= 0.3 is 0 Å². The minimum Gasteiger partial charge on any atom is -0.326 e. The number of halogens is 1. The van der Waals surface area contributed by atoms with Crippen molar-refractivity contribution >= 4 is 26.0 Å². The van der Waals surface area contributed by atoms with Gasteiger partial charge in [-0.15, -0.1) is 0 Å². The van der Waals surface area contributed by atoms with Crippen LogP contribution in [0.2, 0.25) is 0 Å². The van der Waals surface area contributed by atoms with Crippen LogP contribution in [0.4, 0.5) is 0 Å². The molecule has 0 aromatic heterocycles. The van der Waals surface area contributed by atoms with Gasteiger partial charge in [-0.25, -0.2) is 13.1 Å². The number of rotatable bonds is 6. The van der Waals surface area contributed by atoms with Crippen molar-refractivity contribution < 1.29 is 8.42 Å². The van der Waals surface area contributed by atoms with Crippen LogP contribution in [0.1, 0.15) is 11.1 Å². The molecule has 0 radical (unpaired) electrons. The largest absolute Gasteiger partial charge is 0.326 e. The number of hydrogen-bond acceptors (Lipinski definition) is 3. The molecule has 4 nitrogen and oxygen atoms in total. The molecule has 0 heterocycles. The Hall–Kier alpha value is -1.21. The molecule has 0 aliphatic heterocycles. The fourth-order valence-electron chi connectivity index (χ4n) is 1.94. The van der Waals surface area contributed by atoms with Gasteiger partial charge < -0.3 is 5.73 Å². The SMILES string of the molecule is NCc1ccc(S(=O)(=O)NCCc2ccccc2)c(Br)c1. The van der Waals surface area contributed by atoms with Gasteiger partial charge in [-0.3, -0.25) is 0 Å². The molecule has 0 aliphatic rings. The zero-order valence-electron chi connectivity index (χ0n) is 11.4. The third kappa shape index (κ3) is 4.38. The van der Waals surface area contributed by atoms with E-state index < -0.39 is 10.0 Å². The van der Waals surface area contributed by atoms with E-state index in [-0.39, 0.29) is 4.90 Å². The second-order valence-electron chi connectivity index (χ2n) is 4.60. The van der Waals surface area contributed by atoms with Gasteiger partial charge in [0.25, 0.3) is 0 Å². The van der Waals surface area contributed by atoms with Gasteiger partial charge in [0.15, 0.2) is 0 Å². The van der Waals surface area contributed by atoms with Crippen LogP contribution >= 0.6 is 15.9 Å². The third-order valence-electron chi connectivity index (χ3n) is 3.07. The lowest BCUT2D eigenvalue weighted by atomic mass is 10.2. The van der Waals surface area contributed by atoms with Crippen molar-refractivity contribution in [2.24, 2.45) is 5.73 Å². The molecule has 2 rings (SSSR count). The molecule has 0 saturated carbocycles. The van der Waals surface area contributed by atoms with Gasteiger partial charge in [-0.1, -0.05) is 36.4 Å². The maximum Gasteiger partial charge on any atom is 0.241 e. The van der Waals surface area contributed by atoms with E-state index in [9.17, 15) is 8.42 Å². The summed E-state index contributed by atoms with van der Waals surface area (Å²) in [5, 5.41) is 0. The Morgan fingerprint density at radius 3 is 2.38 bits per heavy atom. The molecular formula is C15H17BrN2O2S. The minimum absolute atomic E-state index is 0.229. The lowest BCUT2D eigenvalue weighted by molar-refractivity contribution is 0.581. The number of nitrogens with two attached hydrogens (primary N) is 1. The summed E-state index contributed by atoms with van der Waals surface area (Å²) in [5.41, 5.74) is 7.51. The molecule has 3 N–H and O–H groups in total. The standard InChI is InChI=1S/C15H17BrN2O2S/c16-14-10-13(11-17)6-7-15(14)21(19,20)18-9-8-12-4-2-1-3-5-12/h1-7,10,18H,8-9,11,17H2. The van der Waals surface area contributed by atoms with Crippen LogP contribution < -0.4 is 10.5 Å². The molecule has 112 valence electrons. The zero-order valence-corrected chi connectivity index (χ0v) is 13.8. The fraction of sp³-hybridized carbons (Fsp3) is 0.200. The average Bonchev–Trinajstić information content (AvgIpc) is 2.47. The molecular weight excluding hydrogens is 352 g/mol. The fourth-order valence-corrected chi connectivity index (χ4v) is 4.10. The Morgan fingerprint density at radius 2 is 1.76 bits per heavy atom. The lowest BCUT2D eigenvalue weighted by Gasteiger charge is -2.09. The maximum atomic E-state index is 12.3. The van der Waals surface area contributed by atoms with Gasteiger partial charge in [0.1, 0.15) is 0 Å². The van der Waals surface area contributed by atoms with Gasteiger partial charge in [-0.05, 0) is 45.6 Å². The predicted octanol–water partition coefficient (Wildman–Crippen LogP) is 2.43. The summed E-state index contributed by atoms with van der Waals surface area (Å²) in [6.45, 7) is 0.734. The molecule has 0 aliphatic carbocycles. The highest BCUT2D eigenvalue weighted by Gasteiger charge is 2.17. The average molecular weight is 369 g/mol. The number of nitrogens with one attached hydrogen (secondary N) is 1. The van der Waals surface area contributed by atoms with Gasteiger partial charge in [-0.2, -0.15) is 0 Å². The Bertz CT molecular complexity index is 703. The number of benzene rings is 2. The molecule has 0 atom stereocenters. The number of sulfonamides is 1. The highest BCUT2D eigenvalue weighted by Crippen LogP contribution is 2.23. The quantitative estimate of drug-likeness (QED) is 0.822. The van der Waals surface area contributed by atoms with Crippen LogP contribution in [0, 0.1) is 0 Å². The molecule has 0 bridgehead atoms. The van der Waals surface area contributed by atoms with Crippen molar-refractivity contribution in [3.63, 3.8) is 0 Å². The molecule has 21 heavy (non-hydrogen) atoms. The minimum atomic E-state index is -3.52. The van der Waals surface area contributed by atoms with Crippen LogP contribution in [0.3, 0.4) is 0 Å². The summed E-state index contributed by atoms with van der Waals surface area (Å²) < 4.78 is 27.7. The lowest BCUT2D eigenvalue weighted by Crippen LogP contribution is -2.26.